The van der Waals surface area contributed by atoms with Gasteiger partial charge in [-0.05, 0) is 61.2 Å². The SMILES string of the molecule is CCCCCOc1ccc(/C=C(/C(=O)OCC)c2cccc(Br)c2)cc1OCCCCC. The molecule has 0 unspecified atom stereocenters. The summed E-state index contributed by atoms with van der Waals surface area (Å²) >= 11 is 3.49. The Bertz CT molecular complexity index is 876. The number of unbranched alkanes of at least 4 members (excludes halogenated alkanes) is 4. The molecule has 2 aromatic rings. The van der Waals surface area contributed by atoms with Crippen molar-refractivity contribution in [2.24, 2.45) is 0 Å². The molecule has 0 aliphatic rings. The average Bonchev–Trinajstić information content (AvgIpc) is 2.79. The van der Waals surface area contributed by atoms with E-state index in [-0.39, 0.29) is 5.97 Å². The van der Waals surface area contributed by atoms with Gasteiger partial charge in [-0.15, -0.1) is 0 Å². The lowest BCUT2D eigenvalue weighted by Crippen LogP contribution is -2.07. The maximum Gasteiger partial charge on any atom is 0.338 e. The standard InChI is InChI=1S/C27H35BrO4/c1-4-7-9-16-31-25-15-14-21(19-26(25)32-17-10-8-5-2)18-24(27(29)30-6-3)22-12-11-13-23(28)20-22/h11-15,18-20H,4-10,16-17H2,1-3H3/b24-18+. The highest BCUT2D eigenvalue weighted by Gasteiger charge is 2.15. The van der Waals surface area contributed by atoms with Gasteiger partial charge in [0.05, 0.1) is 25.4 Å². The van der Waals surface area contributed by atoms with Crippen LogP contribution in [-0.2, 0) is 9.53 Å². The molecule has 0 saturated carbocycles. The first-order chi connectivity index (χ1) is 15.6. The van der Waals surface area contributed by atoms with Crippen molar-refractivity contribution in [3.8, 4) is 11.5 Å². The quantitative estimate of drug-likeness (QED) is 0.115. The fourth-order valence-corrected chi connectivity index (χ4v) is 3.61. The van der Waals surface area contributed by atoms with E-state index < -0.39 is 0 Å². The van der Waals surface area contributed by atoms with E-state index in [1.54, 1.807) is 0 Å². The third-order valence-corrected chi connectivity index (χ3v) is 5.41. The number of carbonyl (C=O) groups is 1. The van der Waals surface area contributed by atoms with Crippen molar-refractivity contribution in [3.05, 3.63) is 58.1 Å². The topological polar surface area (TPSA) is 44.8 Å². The maximum absolute atomic E-state index is 12.7. The number of halogens is 1. The Labute approximate surface area is 201 Å². The monoisotopic (exact) mass is 502 g/mol. The molecule has 0 N–H and O–H groups in total. The third kappa shape index (κ3) is 8.70. The molecule has 0 fully saturated rings. The van der Waals surface area contributed by atoms with Crippen LogP contribution in [0.3, 0.4) is 0 Å². The van der Waals surface area contributed by atoms with E-state index in [1.807, 2.05) is 55.5 Å². The van der Waals surface area contributed by atoms with Gasteiger partial charge in [-0.25, -0.2) is 4.79 Å². The predicted octanol–water partition coefficient (Wildman–Crippen LogP) is 7.69. The van der Waals surface area contributed by atoms with E-state index >= 15 is 0 Å². The zero-order valence-electron chi connectivity index (χ0n) is 19.5. The molecule has 0 aromatic heterocycles. The second-order valence-corrected chi connectivity index (χ2v) is 8.52. The van der Waals surface area contributed by atoms with Gasteiger partial charge in [-0.1, -0.05) is 73.7 Å². The van der Waals surface area contributed by atoms with Crippen molar-refractivity contribution in [1.29, 1.82) is 0 Å². The predicted molar refractivity (Wildman–Crippen MR) is 135 cm³/mol. The largest absolute Gasteiger partial charge is 0.490 e. The van der Waals surface area contributed by atoms with Crippen molar-refractivity contribution in [3.63, 3.8) is 0 Å². The number of ether oxygens (including phenoxy) is 3. The summed E-state index contributed by atoms with van der Waals surface area (Å²) in [7, 11) is 0. The number of hydrogen-bond donors (Lipinski definition) is 0. The molecule has 0 atom stereocenters. The number of hydrogen-bond acceptors (Lipinski definition) is 4. The van der Waals surface area contributed by atoms with Crippen LogP contribution in [0.25, 0.3) is 11.6 Å². The molecule has 0 radical (unpaired) electrons. The molecule has 0 amide bonds. The molecule has 0 heterocycles. The lowest BCUT2D eigenvalue weighted by Gasteiger charge is -2.14. The highest BCUT2D eigenvalue weighted by molar-refractivity contribution is 9.10. The summed E-state index contributed by atoms with van der Waals surface area (Å²) in [6, 6.07) is 13.5. The van der Waals surface area contributed by atoms with E-state index in [1.165, 1.54) is 0 Å². The second kappa shape index (κ2) is 14.7. The molecule has 5 heteroatoms. The van der Waals surface area contributed by atoms with Crippen LogP contribution in [0, 0.1) is 0 Å². The summed E-state index contributed by atoms with van der Waals surface area (Å²) in [5.41, 5.74) is 2.16. The molecule has 32 heavy (non-hydrogen) atoms. The third-order valence-electron chi connectivity index (χ3n) is 4.92. The molecule has 0 saturated heterocycles. The lowest BCUT2D eigenvalue weighted by atomic mass is 10.0. The Morgan fingerprint density at radius 1 is 0.875 bits per heavy atom. The van der Waals surface area contributed by atoms with E-state index in [9.17, 15) is 4.79 Å². The van der Waals surface area contributed by atoms with Crippen molar-refractivity contribution in [2.45, 2.75) is 59.3 Å². The second-order valence-electron chi connectivity index (χ2n) is 7.61. The summed E-state index contributed by atoms with van der Waals surface area (Å²) in [6.45, 7) is 7.79. The van der Waals surface area contributed by atoms with Crippen molar-refractivity contribution >= 4 is 33.5 Å². The first kappa shape index (κ1) is 26.0. The van der Waals surface area contributed by atoms with E-state index in [0.717, 1.165) is 59.9 Å². The van der Waals surface area contributed by atoms with E-state index in [4.69, 9.17) is 14.2 Å². The fraction of sp³-hybridized carbons (Fsp3) is 0.444. The van der Waals surface area contributed by atoms with Crippen molar-refractivity contribution in [2.75, 3.05) is 19.8 Å². The molecule has 0 aliphatic carbocycles. The van der Waals surface area contributed by atoms with Crippen LogP contribution in [0.2, 0.25) is 0 Å². The van der Waals surface area contributed by atoms with Gasteiger partial charge < -0.3 is 14.2 Å². The minimum atomic E-state index is -0.351. The van der Waals surface area contributed by atoms with Crippen LogP contribution in [0.1, 0.15) is 70.4 Å². The van der Waals surface area contributed by atoms with Gasteiger partial charge in [0, 0.05) is 4.47 Å². The Morgan fingerprint density at radius 2 is 1.56 bits per heavy atom. The van der Waals surface area contributed by atoms with Crippen LogP contribution < -0.4 is 9.47 Å². The van der Waals surface area contributed by atoms with Crippen LogP contribution in [0.5, 0.6) is 11.5 Å². The summed E-state index contributed by atoms with van der Waals surface area (Å²) in [5, 5.41) is 0. The van der Waals surface area contributed by atoms with Gasteiger partial charge in [0.15, 0.2) is 11.5 Å². The molecular weight excluding hydrogens is 468 g/mol. The molecule has 2 rings (SSSR count). The highest BCUT2D eigenvalue weighted by Crippen LogP contribution is 2.31. The minimum Gasteiger partial charge on any atom is -0.490 e. The fourth-order valence-electron chi connectivity index (χ4n) is 3.21. The zero-order chi connectivity index (χ0) is 23.2. The summed E-state index contributed by atoms with van der Waals surface area (Å²) in [4.78, 5) is 12.7. The summed E-state index contributed by atoms with van der Waals surface area (Å²) < 4.78 is 18.3. The van der Waals surface area contributed by atoms with Gasteiger partial charge in [0.1, 0.15) is 0 Å². The number of benzene rings is 2. The smallest absolute Gasteiger partial charge is 0.338 e. The first-order valence-electron chi connectivity index (χ1n) is 11.6. The first-order valence-corrected chi connectivity index (χ1v) is 12.4. The highest BCUT2D eigenvalue weighted by atomic mass is 79.9. The van der Waals surface area contributed by atoms with E-state index in [0.29, 0.717) is 31.1 Å². The summed E-state index contributed by atoms with van der Waals surface area (Å²) in [5.74, 6) is 1.11. The zero-order valence-corrected chi connectivity index (χ0v) is 21.1. The van der Waals surface area contributed by atoms with Crippen LogP contribution in [0.4, 0.5) is 0 Å². The Balaban J connectivity index is 2.34. The molecule has 174 valence electrons. The van der Waals surface area contributed by atoms with Gasteiger partial charge in [-0.3, -0.25) is 0 Å². The van der Waals surface area contributed by atoms with E-state index in [2.05, 4.69) is 29.8 Å². The molecule has 0 bridgehead atoms. The van der Waals surface area contributed by atoms with Crippen LogP contribution >= 0.6 is 15.9 Å². The molecular formula is C27H35BrO4. The minimum absolute atomic E-state index is 0.320. The van der Waals surface area contributed by atoms with Gasteiger partial charge in [0.25, 0.3) is 0 Å². The molecule has 0 spiro atoms. The van der Waals surface area contributed by atoms with Gasteiger partial charge >= 0.3 is 5.97 Å². The maximum atomic E-state index is 12.7. The average molecular weight is 503 g/mol. The van der Waals surface area contributed by atoms with Crippen molar-refractivity contribution < 1.29 is 19.0 Å². The van der Waals surface area contributed by atoms with Crippen molar-refractivity contribution in [1.82, 2.24) is 0 Å². The Hall–Kier alpha value is -2.27. The number of carbonyl (C=O) groups excluding carboxylic acids is 1. The molecule has 4 nitrogen and oxygen atoms in total. The van der Waals surface area contributed by atoms with Gasteiger partial charge in [0.2, 0.25) is 0 Å². The normalized spacial score (nSPS) is 11.3. The number of esters is 1. The number of rotatable bonds is 14. The molecule has 0 aliphatic heterocycles. The Morgan fingerprint density at radius 3 is 2.19 bits per heavy atom. The van der Waals surface area contributed by atoms with Gasteiger partial charge in [-0.2, -0.15) is 0 Å². The lowest BCUT2D eigenvalue weighted by molar-refractivity contribution is -0.136. The Kier molecular flexibility index (Phi) is 12.0. The van der Waals surface area contributed by atoms with Crippen LogP contribution in [0.15, 0.2) is 46.9 Å². The molecule has 2 aromatic carbocycles. The van der Waals surface area contributed by atoms with Crippen LogP contribution in [-0.4, -0.2) is 25.8 Å². The summed E-state index contributed by atoms with van der Waals surface area (Å²) in [6.07, 6.45) is 8.42.